The van der Waals surface area contributed by atoms with Gasteiger partial charge in [-0.2, -0.15) is 0 Å². The Morgan fingerprint density at radius 2 is 2.53 bits per heavy atom. The quantitative estimate of drug-likeness (QED) is 0.815. The molecule has 0 aliphatic carbocycles. The Bertz CT molecular complexity index is 292. The number of piperidine rings is 1. The Morgan fingerprint density at radius 1 is 1.60 bits per heavy atom. The van der Waals surface area contributed by atoms with Crippen molar-refractivity contribution in [2.24, 2.45) is 0 Å². The van der Waals surface area contributed by atoms with Crippen molar-refractivity contribution in [1.82, 2.24) is 14.9 Å². The van der Waals surface area contributed by atoms with Crippen LogP contribution in [0, 0.1) is 0 Å². The first-order valence-electron chi connectivity index (χ1n) is 5.77. The standard InChI is InChI=1S/C11H19N3O/c1-2-14-8-7-13-11(14)15-9-10-5-3-4-6-12-10/h7-8,10,12H,2-6,9H2,1H3. The van der Waals surface area contributed by atoms with Gasteiger partial charge in [0.25, 0.3) is 6.01 Å². The molecule has 1 aliphatic rings. The zero-order valence-corrected chi connectivity index (χ0v) is 9.28. The molecule has 1 aliphatic heterocycles. The number of hydrogen-bond acceptors (Lipinski definition) is 3. The fraction of sp³-hybridized carbons (Fsp3) is 0.727. The number of imidazole rings is 1. The van der Waals surface area contributed by atoms with Gasteiger partial charge in [-0.1, -0.05) is 6.42 Å². The fourth-order valence-corrected chi connectivity index (χ4v) is 1.92. The number of aryl methyl sites for hydroxylation is 1. The van der Waals surface area contributed by atoms with Crippen molar-refractivity contribution in [3.8, 4) is 6.01 Å². The van der Waals surface area contributed by atoms with E-state index in [0.29, 0.717) is 6.04 Å². The lowest BCUT2D eigenvalue weighted by molar-refractivity contribution is 0.217. The third-order valence-electron chi connectivity index (χ3n) is 2.84. The molecule has 4 nitrogen and oxygen atoms in total. The van der Waals surface area contributed by atoms with E-state index in [1.165, 1.54) is 19.3 Å². The fourth-order valence-electron chi connectivity index (χ4n) is 1.92. The highest BCUT2D eigenvalue weighted by Gasteiger charge is 2.13. The summed E-state index contributed by atoms with van der Waals surface area (Å²) in [4.78, 5) is 4.18. The van der Waals surface area contributed by atoms with Crippen molar-refractivity contribution in [2.75, 3.05) is 13.2 Å². The van der Waals surface area contributed by atoms with Gasteiger partial charge in [0, 0.05) is 25.0 Å². The normalized spacial score (nSPS) is 21.5. The summed E-state index contributed by atoms with van der Waals surface area (Å²) in [6.07, 6.45) is 7.55. The topological polar surface area (TPSA) is 39.1 Å². The second kappa shape index (κ2) is 5.16. The van der Waals surface area contributed by atoms with Crippen molar-refractivity contribution in [3.05, 3.63) is 12.4 Å². The molecule has 0 aromatic carbocycles. The maximum Gasteiger partial charge on any atom is 0.296 e. The van der Waals surface area contributed by atoms with E-state index in [1.54, 1.807) is 6.20 Å². The summed E-state index contributed by atoms with van der Waals surface area (Å²) in [5, 5.41) is 3.46. The van der Waals surface area contributed by atoms with Crippen molar-refractivity contribution in [3.63, 3.8) is 0 Å². The van der Waals surface area contributed by atoms with Crippen LogP contribution in [0.15, 0.2) is 12.4 Å². The van der Waals surface area contributed by atoms with Crippen LogP contribution in [0.3, 0.4) is 0 Å². The summed E-state index contributed by atoms with van der Waals surface area (Å²) in [5.41, 5.74) is 0. The maximum absolute atomic E-state index is 5.70. The Kier molecular flexibility index (Phi) is 3.61. The molecule has 2 rings (SSSR count). The van der Waals surface area contributed by atoms with Gasteiger partial charge in [-0.05, 0) is 26.3 Å². The number of nitrogens with one attached hydrogen (secondary N) is 1. The minimum Gasteiger partial charge on any atom is -0.463 e. The SMILES string of the molecule is CCn1ccnc1OCC1CCCCN1. The predicted molar refractivity (Wildman–Crippen MR) is 59.0 cm³/mol. The van der Waals surface area contributed by atoms with E-state index >= 15 is 0 Å². The highest BCUT2D eigenvalue weighted by molar-refractivity contribution is 4.98. The lowest BCUT2D eigenvalue weighted by Crippen LogP contribution is -2.38. The highest BCUT2D eigenvalue weighted by Crippen LogP contribution is 2.11. The van der Waals surface area contributed by atoms with Gasteiger partial charge in [0.15, 0.2) is 0 Å². The third kappa shape index (κ3) is 2.72. The van der Waals surface area contributed by atoms with Crippen LogP contribution in [0.4, 0.5) is 0 Å². The van der Waals surface area contributed by atoms with Crippen LogP contribution >= 0.6 is 0 Å². The molecule has 1 aromatic heterocycles. The van der Waals surface area contributed by atoms with Crippen LogP contribution in [0.1, 0.15) is 26.2 Å². The zero-order chi connectivity index (χ0) is 10.5. The molecule has 0 bridgehead atoms. The largest absolute Gasteiger partial charge is 0.463 e. The first-order valence-corrected chi connectivity index (χ1v) is 5.77. The van der Waals surface area contributed by atoms with Crippen molar-refractivity contribution in [2.45, 2.75) is 38.8 Å². The summed E-state index contributed by atoms with van der Waals surface area (Å²) in [5.74, 6) is 0. The molecule has 0 spiro atoms. The number of rotatable bonds is 4. The Hall–Kier alpha value is -1.03. The summed E-state index contributed by atoms with van der Waals surface area (Å²) < 4.78 is 7.71. The number of hydrogen-bond donors (Lipinski definition) is 1. The van der Waals surface area contributed by atoms with E-state index in [1.807, 2.05) is 10.8 Å². The van der Waals surface area contributed by atoms with Crippen LogP contribution in [0.2, 0.25) is 0 Å². The van der Waals surface area contributed by atoms with Crippen LogP contribution in [-0.4, -0.2) is 28.7 Å². The summed E-state index contributed by atoms with van der Waals surface area (Å²) >= 11 is 0. The van der Waals surface area contributed by atoms with E-state index in [9.17, 15) is 0 Å². The molecule has 1 N–H and O–H groups in total. The Labute approximate surface area is 90.6 Å². The summed E-state index contributed by atoms with van der Waals surface area (Å²) in [6.45, 7) is 4.86. The molecule has 1 aromatic rings. The van der Waals surface area contributed by atoms with E-state index in [-0.39, 0.29) is 0 Å². The average molecular weight is 209 g/mol. The summed E-state index contributed by atoms with van der Waals surface area (Å²) in [7, 11) is 0. The Balaban J connectivity index is 1.81. The lowest BCUT2D eigenvalue weighted by atomic mass is 10.1. The molecule has 0 saturated carbocycles. The van der Waals surface area contributed by atoms with Crippen LogP contribution < -0.4 is 10.1 Å². The molecule has 2 heterocycles. The first kappa shape index (κ1) is 10.5. The maximum atomic E-state index is 5.70. The molecular formula is C11H19N3O. The van der Waals surface area contributed by atoms with Gasteiger partial charge in [-0.25, -0.2) is 4.98 Å². The van der Waals surface area contributed by atoms with Gasteiger partial charge in [-0.15, -0.1) is 0 Å². The van der Waals surface area contributed by atoms with Crippen molar-refractivity contribution in [1.29, 1.82) is 0 Å². The van der Waals surface area contributed by atoms with Gasteiger partial charge in [-0.3, -0.25) is 0 Å². The first-order chi connectivity index (χ1) is 7.40. The highest BCUT2D eigenvalue weighted by atomic mass is 16.5. The van der Waals surface area contributed by atoms with Gasteiger partial charge in [0.1, 0.15) is 6.61 Å². The number of nitrogens with zero attached hydrogens (tertiary/aromatic N) is 2. The number of ether oxygens (including phenoxy) is 1. The van der Waals surface area contributed by atoms with Crippen molar-refractivity contribution < 1.29 is 4.74 Å². The lowest BCUT2D eigenvalue weighted by Gasteiger charge is -2.23. The van der Waals surface area contributed by atoms with Gasteiger partial charge in [0.2, 0.25) is 0 Å². The average Bonchev–Trinajstić information content (AvgIpc) is 2.75. The molecule has 1 saturated heterocycles. The molecular weight excluding hydrogens is 190 g/mol. The van der Waals surface area contributed by atoms with E-state index in [0.717, 1.165) is 25.7 Å². The molecule has 1 fully saturated rings. The second-order valence-corrected chi connectivity index (χ2v) is 3.95. The second-order valence-electron chi connectivity index (χ2n) is 3.95. The molecule has 1 unspecified atom stereocenters. The molecule has 1 atom stereocenters. The molecule has 15 heavy (non-hydrogen) atoms. The molecule has 84 valence electrons. The van der Waals surface area contributed by atoms with E-state index < -0.39 is 0 Å². The van der Waals surface area contributed by atoms with Gasteiger partial charge >= 0.3 is 0 Å². The van der Waals surface area contributed by atoms with Gasteiger partial charge < -0.3 is 14.6 Å². The van der Waals surface area contributed by atoms with Crippen LogP contribution in [-0.2, 0) is 6.54 Å². The predicted octanol–water partition coefficient (Wildman–Crippen LogP) is 1.42. The molecule has 0 amide bonds. The molecule has 4 heteroatoms. The monoisotopic (exact) mass is 209 g/mol. The summed E-state index contributed by atoms with van der Waals surface area (Å²) in [6, 6.07) is 1.24. The smallest absolute Gasteiger partial charge is 0.296 e. The minimum atomic E-state index is 0.501. The van der Waals surface area contributed by atoms with Crippen LogP contribution in [0.25, 0.3) is 0 Å². The van der Waals surface area contributed by atoms with Crippen molar-refractivity contribution >= 4 is 0 Å². The Morgan fingerprint density at radius 3 is 3.27 bits per heavy atom. The van der Waals surface area contributed by atoms with Crippen LogP contribution in [0.5, 0.6) is 6.01 Å². The van der Waals surface area contributed by atoms with Gasteiger partial charge in [0.05, 0.1) is 0 Å². The van der Waals surface area contributed by atoms with E-state index in [4.69, 9.17) is 4.74 Å². The number of aromatic nitrogens is 2. The molecule has 0 radical (unpaired) electrons. The minimum absolute atomic E-state index is 0.501. The zero-order valence-electron chi connectivity index (χ0n) is 9.28. The third-order valence-corrected chi connectivity index (χ3v) is 2.84. The van der Waals surface area contributed by atoms with E-state index in [2.05, 4.69) is 17.2 Å².